The van der Waals surface area contributed by atoms with Crippen LogP contribution in [0, 0.1) is 5.41 Å². The van der Waals surface area contributed by atoms with Crippen molar-refractivity contribution in [2.45, 2.75) is 0 Å². The van der Waals surface area contributed by atoms with E-state index in [4.69, 9.17) is 11.1 Å². The van der Waals surface area contributed by atoms with Gasteiger partial charge in [0.2, 0.25) is 5.96 Å². The van der Waals surface area contributed by atoms with Crippen LogP contribution < -0.4 is 10.5 Å². The molecular weight excluding hydrogens is 252 g/mol. The quantitative estimate of drug-likeness (QED) is 0.350. The summed E-state index contributed by atoms with van der Waals surface area (Å²) < 4.78 is 1.76. The van der Waals surface area contributed by atoms with Gasteiger partial charge in [0, 0.05) is 18.0 Å². The van der Waals surface area contributed by atoms with Crippen molar-refractivity contribution in [1.29, 1.82) is 5.41 Å². The average Bonchev–Trinajstić information content (AvgIpc) is 2.64. The molecule has 0 saturated heterocycles. The van der Waals surface area contributed by atoms with Crippen molar-refractivity contribution in [3.05, 3.63) is 28.4 Å². The number of thiazole rings is 1. The molecule has 0 radical (unpaired) electrons. The lowest BCUT2D eigenvalue weighted by molar-refractivity contribution is 0.404. The summed E-state index contributed by atoms with van der Waals surface area (Å²) in [7, 11) is 1.79. The highest BCUT2D eigenvalue weighted by Crippen LogP contribution is 2.30. The number of phenolic OH excluding ortho intramolecular Hbond substituents is 2. The standard InChI is InChI=1S/C11H12N4O2S/c1-15-7(5-18-11(15)14-10(12)13)6-2-3-8(16)9(17)4-6/h2-5,16-17H,1H3,(H3,12,13). The number of guanidine groups is 1. The maximum Gasteiger partial charge on any atom is 0.215 e. The van der Waals surface area contributed by atoms with Gasteiger partial charge in [0.15, 0.2) is 16.3 Å². The summed E-state index contributed by atoms with van der Waals surface area (Å²) in [5.74, 6) is -0.596. The van der Waals surface area contributed by atoms with Crippen LogP contribution in [-0.4, -0.2) is 20.7 Å². The van der Waals surface area contributed by atoms with Crippen molar-refractivity contribution in [2.75, 3.05) is 0 Å². The highest BCUT2D eigenvalue weighted by molar-refractivity contribution is 7.07. The molecule has 6 nitrogen and oxygen atoms in total. The van der Waals surface area contributed by atoms with Crippen LogP contribution in [0.1, 0.15) is 0 Å². The number of nitrogens with zero attached hydrogens (tertiary/aromatic N) is 2. The van der Waals surface area contributed by atoms with Crippen LogP contribution in [0.5, 0.6) is 11.5 Å². The normalized spacial score (nSPS) is 11.7. The molecule has 0 aliphatic rings. The van der Waals surface area contributed by atoms with E-state index in [0.717, 1.165) is 11.3 Å². The van der Waals surface area contributed by atoms with Crippen molar-refractivity contribution in [3.63, 3.8) is 0 Å². The lowest BCUT2D eigenvalue weighted by atomic mass is 10.1. The zero-order valence-corrected chi connectivity index (χ0v) is 10.4. The first-order chi connectivity index (χ1) is 8.49. The van der Waals surface area contributed by atoms with Gasteiger partial charge in [0.25, 0.3) is 0 Å². The molecule has 5 N–H and O–H groups in total. The van der Waals surface area contributed by atoms with Gasteiger partial charge < -0.3 is 20.5 Å². The Kier molecular flexibility index (Phi) is 3.07. The predicted octanol–water partition coefficient (Wildman–Crippen LogP) is 0.959. The Morgan fingerprint density at radius 3 is 2.72 bits per heavy atom. The van der Waals surface area contributed by atoms with E-state index in [0.29, 0.717) is 4.80 Å². The molecule has 2 rings (SSSR count). The third-order valence-electron chi connectivity index (χ3n) is 2.41. The van der Waals surface area contributed by atoms with Gasteiger partial charge in [-0.15, -0.1) is 11.3 Å². The summed E-state index contributed by atoms with van der Waals surface area (Å²) in [6, 6.07) is 4.58. The summed E-state index contributed by atoms with van der Waals surface area (Å²) in [6.07, 6.45) is 0. The van der Waals surface area contributed by atoms with E-state index >= 15 is 0 Å². The van der Waals surface area contributed by atoms with Crippen molar-refractivity contribution >= 4 is 17.3 Å². The Labute approximate surface area is 107 Å². The van der Waals surface area contributed by atoms with E-state index in [9.17, 15) is 10.2 Å². The van der Waals surface area contributed by atoms with Crippen LogP contribution in [0.2, 0.25) is 0 Å². The largest absolute Gasteiger partial charge is 0.504 e. The van der Waals surface area contributed by atoms with Gasteiger partial charge in [-0.2, -0.15) is 4.99 Å². The molecule has 94 valence electrons. The van der Waals surface area contributed by atoms with E-state index in [2.05, 4.69) is 4.99 Å². The number of nitrogens with two attached hydrogens (primary N) is 1. The fourth-order valence-electron chi connectivity index (χ4n) is 1.52. The number of hydrogen-bond acceptors (Lipinski definition) is 4. The molecule has 0 spiro atoms. The monoisotopic (exact) mass is 264 g/mol. The van der Waals surface area contributed by atoms with Gasteiger partial charge in [-0.1, -0.05) is 0 Å². The maximum atomic E-state index is 9.47. The average molecular weight is 264 g/mol. The SMILES string of the molecule is Cn1c(-c2ccc(O)c(O)c2)csc1=NC(=N)N. The van der Waals surface area contributed by atoms with Gasteiger partial charge in [-0.25, -0.2) is 0 Å². The number of benzene rings is 1. The Morgan fingerprint density at radius 2 is 2.11 bits per heavy atom. The molecule has 0 amide bonds. The molecule has 1 aromatic heterocycles. The molecule has 2 aromatic rings. The minimum absolute atomic E-state index is 0.162. The Hall–Kier alpha value is -2.28. The fraction of sp³-hybridized carbons (Fsp3) is 0.0909. The molecule has 7 heteroatoms. The molecule has 18 heavy (non-hydrogen) atoms. The molecule has 0 aliphatic carbocycles. The van der Waals surface area contributed by atoms with Crippen molar-refractivity contribution in [2.24, 2.45) is 17.8 Å². The molecule has 1 heterocycles. The molecule has 0 saturated carbocycles. The Balaban J connectivity index is 2.55. The second-order valence-electron chi connectivity index (χ2n) is 3.66. The molecule has 0 atom stereocenters. The van der Waals surface area contributed by atoms with Crippen molar-refractivity contribution < 1.29 is 10.2 Å². The van der Waals surface area contributed by atoms with Gasteiger partial charge in [0.1, 0.15) is 0 Å². The minimum Gasteiger partial charge on any atom is -0.504 e. The number of aromatic nitrogens is 1. The van der Waals surface area contributed by atoms with Gasteiger partial charge >= 0.3 is 0 Å². The lowest BCUT2D eigenvalue weighted by Crippen LogP contribution is -2.17. The molecule has 0 fully saturated rings. The van der Waals surface area contributed by atoms with Gasteiger partial charge in [-0.05, 0) is 18.2 Å². The first-order valence-electron chi connectivity index (χ1n) is 5.04. The topological polar surface area (TPSA) is 108 Å². The first kappa shape index (κ1) is 12.2. The van der Waals surface area contributed by atoms with Gasteiger partial charge in [0.05, 0.1) is 5.69 Å². The predicted molar refractivity (Wildman–Crippen MR) is 69.5 cm³/mol. The van der Waals surface area contributed by atoms with Gasteiger partial charge in [-0.3, -0.25) is 5.41 Å². The first-order valence-corrected chi connectivity index (χ1v) is 5.92. The summed E-state index contributed by atoms with van der Waals surface area (Å²) in [4.78, 5) is 4.46. The van der Waals surface area contributed by atoms with Crippen molar-refractivity contribution in [1.82, 2.24) is 4.57 Å². The van der Waals surface area contributed by atoms with Crippen LogP contribution in [0.4, 0.5) is 0 Å². The van der Waals surface area contributed by atoms with Crippen molar-refractivity contribution in [3.8, 4) is 22.8 Å². The Bertz CT molecular complexity index is 672. The van der Waals surface area contributed by atoms with E-state index < -0.39 is 0 Å². The third kappa shape index (κ3) is 2.21. The number of nitrogens with one attached hydrogen (secondary N) is 1. The summed E-state index contributed by atoms with van der Waals surface area (Å²) in [5.41, 5.74) is 6.78. The van der Waals surface area contributed by atoms with E-state index in [1.54, 1.807) is 17.7 Å². The molecule has 0 aliphatic heterocycles. The lowest BCUT2D eigenvalue weighted by Gasteiger charge is -2.04. The number of hydrogen-bond donors (Lipinski definition) is 4. The fourth-order valence-corrected chi connectivity index (χ4v) is 2.44. The highest BCUT2D eigenvalue weighted by Gasteiger charge is 2.07. The number of phenols is 2. The van der Waals surface area contributed by atoms with Crippen LogP contribution >= 0.6 is 11.3 Å². The zero-order chi connectivity index (χ0) is 13.3. The van der Waals surface area contributed by atoms with E-state index in [1.165, 1.54) is 23.5 Å². The van der Waals surface area contributed by atoms with Crippen LogP contribution in [0.25, 0.3) is 11.3 Å². The second kappa shape index (κ2) is 4.53. The van der Waals surface area contributed by atoms with Crippen LogP contribution in [-0.2, 0) is 7.05 Å². The zero-order valence-electron chi connectivity index (χ0n) is 9.58. The van der Waals surface area contributed by atoms with Crippen LogP contribution in [0.15, 0.2) is 28.6 Å². The smallest absolute Gasteiger partial charge is 0.215 e. The summed E-state index contributed by atoms with van der Waals surface area (Å²) >= 11 is 1.34. The molecule has 0 unspecified atom stereocenters. The van der Waals surface area contributed by atoms with E-state index in [-0.39, 0.29) is 17.5 Å². The molecular formula is C11H12N4O2S. The third-order valence-corrected chi connectivity index (χ3v) is 3.33. The van der Waals surface area contributed by atoms with E-state index in [1.807, 2.05) is 5.38 Å². The highest BCUT2D eigenvalue weighted by atomic mass is 32.1. The molecule has 0 bridgehead atoms. The molecule has 1 aromatic carbocycles. The summed E-state index contributed by atoms with van der Waals surface area (Å²) in [5, 5.41) is 27.7. The minimum atomic E-state index is -0.257. The summed E-state index contributed by atoms with van der Waals surface area (Å²) in [6.45, 7) is 0. The Morgan fingerprint density at radius 1 is 1.39 bits per heavy atom. The second-order valence-corrected chi connectivity index (χ2v) is 4.50. The van der Waals surface area contributed by atoms with Crippen LogP contribution in [0.3, 0.4) is 0 Å². The number of aromatic hydroxyl groups is 2. The maximum absolute atomic E-state index is 9.47. The number of rotatable bonds is 1.